The van der Waals surface area contributed by atoms with Crippen LogP contribution in [0.15, 0.2) is 42.5 Å². The van der Waals surface area contributed by atoms with Crippen molar-refractivity contribution in [3.8, 4) is 0 Å². The molecule has 0 amide bonds. The van der Waals surface area contributed by atoms with Crippen molar-refractivity contribution in [2.75, 3.05) is 0 Å². The van der Waals surface area contributed by atoms with Crippen LogP contribution in [0.5, 0.6) is 0 Å². The molecule has 112 valence electrons. The molecule has 0 saturated heterocycles. The van der Waals surface area contributed by atoms with Gasteiger partial charge in [-0.1, -0.05) is 78.6 Å². The van der Waals surface area contributed by atoms with E-state index in [2.05, 4.69) is 61.0 Å². The zero-order valence-corrected chi connectivity index (χ0v) is 14.8. The predicted molar refractivity (Wildman–Crippen MR) is 91.9 cm³/mol. The second-order valence-electron chi connectivity index (χ2n) is 6.24. The summed E-state index contributed by atoms with van der Waals surface area (Å²) in [5, 5.41) is 0.478. The van der Waals surface area contributed by atoms with Crippen molar-refractivity contribution >= 4 is 27.5 Å². The first-order valence-corrected chi connectivity index (χ1v) is 8.26. The Hall–Kier alpha value is -0.860. The van der Waals surface area contributed by atoms with E-state index in [4.69, 9.17) is 11.6 Å². The average molecular weight is 370 g/mol. The highest BCUT2D eigenvalue weighted by atomic mass is 79.9. The van der Waals surface area contributed by atoms with Gasteiger partial charge in [-0.15, -0.1) is 0 Å². The maximum Gasteiger partial charge on any atom is 0.127 e. The molecule has 0 saturated carbocycles. The number of halogens is 3. The maximum atomic E-state index is 13.8. The van der Waals surface area contributed by atoms with Gasteiger partial charge >= 0.3 is 0 Å². The number of rotatable bonds is 3. The lowest BCUT2D eigenvalue weighted by Gasteiger charge is -2.20. The van der Waals surface area contributed by atoms with Crippen LogP contribution in [0.4, 0.5) is 4.39 Å². The fraction of sp³-hybridized carbons (Fsp3) is 0.333. The van der Waals surface area contributed by atoms with Crippen LogP contribution in [0, 0.1) is 5.82 Å². The third kappa shape index (κ3) is 4.08. The van der Waals surface area contributed by atoms with Crippen LogP contribution in [-0.2, 0) is 11.8 Å². The van der Waals surface area contributed by atoms with Gasteiger partial charge in [0.05, 0.1) is 0 Å². The fourth-order valence-corrected chi connectivity index (χ4v) is 3.09. The van der Waals surface area contributed by atoms with E-state index in [9.17, 15) is 4.39 Å². The molecule has 0 fully saturated rings. The van der Waals surface area contributed by atoms with Crippen molar-refractivity contribution in [3.63, 3.8) is 0 Å². The van der Waals surface area contributed by atoms with Gasteiger partial charge in [-0.25, -0.2) is 4.39 Å². The minimum atomic E-state index is -0.252. The van der Waals surface area contributed by atoms with Crippen LogP contribution < -0.4 is 0 Å². The summed E-state index contributed by atoms with van der Waals surface area (Å²) in [5.74, 6) is -0.252. The topological polar surface area (TPSA) is 0 Å². The lowest BCUT2D eigenvalue weighted by molar-refractivity contribution is 0.590. The van der Waals surface area contributed by atoms with Crippen LogP contribution in [0.3, 0.4) is 0 Å². The van der Waals surface area contributed by atoms with Crippen molar-refractivity contribution in [3.05, 3.63) is 70.0 Å². The van der Waals surface area contributed by atoms with Gasteiger partial charge in [0, 0.05) is 15.4 Å². The van der Waals surface area contributed by atoms with Gasteiger partial charge in [-0.05, 0) is 35.1 Å². The smallest absolute Gasteiger partial charge is 0.127 e. The van der Waals surface area contributed by atoms with Crippen LogP contribution in [-0.4, -0.2) is 0 Å². The highest BCUT2D eigenvalue weighted by Crippen LogP contribution is 2.32. The van der Waals surface area contributed by atoms with Crippen LogP contribution >= 0.6 is 27.5 Å². The van der Waals surface area contributed by atoms with Gasteiger partial charge in [0.15, 0.2) is 0 Å². The van der Waals surface area contributed by atoms with Gasteiger partial charge in [0.1, 0.15) is 5.82 Å². The second kappa shape index (κ2) is 6.50. The first-order valence-electron chi connectivity index (χ1n) is 6.96. The van der Waals surface area contributed by atoms with E-state index in [0.29, 0.717) is 17.0 Å². The summed E-state index contributed by atoms with van der Waals surface area (Å²) in [5.41, 5.74) is 3.10. The molecular formula is C18H19BrClF. The second-order valence-corrected chi connectivity index (χ2v) is 7.76. The van der Waals surface area contributed by atoms with Gasteiger partial charge in [-0.2, -0.15) is 0 Å². The molecule has 1 atom stereocenters. The molecule has 0 aliphatic carbocycles. The van der Waals surface area contributed by atoms with Gasteiger partial charge in [0.25, 0.3) is 0 Å². The highest BCUT2D eigenvalue weighted by molar-refractivity contribution is 9.09. The molecular weight excluding hydrogens is 351 g/mol. The lowest BCUT2D eigenvalue weighted by atomic mass is 9.86. The Morgan fingerprint density at radius 1 is 1.10 bits per heavy atom. The van der Waals surface area contributed by atoms with Crippen molar-refractivity contribution in [1.82, 2.24) is 0 Å². The Morgan fingerprint density at radius 3 is 2.24 bits per heavy atom. The van der Waals surface area contributed by atoms with Crippen LogP contribution in [0.1, 0.15) is 42.3 Å². The number of benzene rings is 2. The summed E-state index contributed by atoms with van der Waals surface area (Å²) in [6.45, 7) is 6.56. The molecule has 3 heteroatoms. The van der Waals surface area contributed by atoms with Gasteiger partial charge in [0.2, 0.25) is 0 Å². The molecule has 0 aromatic heterocycles. The van der Waals surface area contributed by atoms with Crippen molar-refractivity contribution < 1.29 is 4.39 Å². The minimum Gasteiger partial charge on any atom is -0.207 e. The largest absolute Gasteiger partial charge is 0.207 e. The Morgan fingerprint density at radius 2 is 1.71 bits per heavy atom. The van der Waals surface area contributed by atoms with E-state index in [1.165, 1.54) is 11.6 Å². The number of hydrogen-bond acceptors (Lipinski definition) is 0. The van der Waals surface area contributed by atoms with Crippen LogP contribution in [0.25, 0.3) is 0 Å². The summed E-state index contributed by atoms with van der Waals surface area (Å²) in [7, 11) is 0. The molecule has 2 rings (SSSR count). The number of alkyl halides is 1. The molecule has 0 nitrogen and oxygen atoms in total. The van der Waals surface area contributed by atoms with E-state index in [1.807, 2.05) is 0 Å². The highest BCUT2D eigenvalue weighted by Gasteiger charge is 2.16. The lowest BCUT2D eigenvalue weighted by Crippen LogP contribution is -2.11. The molecule has 0 heterocycles. The molecule has 2 aromatic carbocycles. The molecule has 0 bridgehead atoms. The quantitative estimate of drug-likeness (QED) is 0.545. The predicted octanol–water partition coefficient (Wildman–Crippen LogP) is 6.46. The zero-order valence-electron chi connectivity index (χ0n) is 12.5. The Labute approximate surface area is 139 Å². The molecule has 0 N–H and O–H groups in total. The SMILES string of the molecule is CC(C)(C)c1ccc(C(Br)Cc2c(F)cccc2Cl)cc1. The standard InChI is InChI=1S/C18H19BrClF/c1-18(2,3)13-9-7-12(8-10-13)15(19)11-14-16(20)5-4-6-17(14)21/h4-10,15H,11H2,1-3H3. The average Bonchev–Trinajstić information content (AvgIpc) is 2.42. The summed E-state index contributed by atoms with van der Waals surface area (Å²) in [6.07, 6.45) is 0.528. The van der Waals surface area contributed by atoms with E-state index in [-0.39, 0.29) is 16.1 Å². The van der Waals surface area contributed by atoms with Crippen molar-refractivity contribution in [2.24, 2.45) is 0 Å². The van der Waals surface area contributed by atoms with E-state index in [1.54, 1.807) is 12.1 Å². The monoisotopic (exact) mass is 368 g/mol. The normalized spacial score (nSPS) is 13.2. The van der Waals surface area contributed by atoms with Crippen LogP contribution in [0.2, 0.25) is 5.02 Å². The zero-order chi connectivity index (χ0) is 15.6. The van der Waals surface area contributed by atoms with E-state index < -0.39 is 0 Å². The fourth-order valence-electron chi connectivity index (χ4n) is 2.22. The molecule has 1 unspecified atom stereocenters. The summed E-state index contributed by atoms with van der Waals surface area (Å²) >= 11 is 9.73. The van der Waals surface area contributed by atoms with E-state index >= 15 is 0 Å². The molecule has 21 heavy (non-hydrogen) atoms. The first-order chi connectivity index (χ1) is 9.79. The summed E-state index contributed by atoms with van der Waals surface area (Å²) < 4.78 is 13.8. The van der Waals surface area contributed by atoms with Gasteiger partial charge < -0.3 is 0 Å². The first kappa shape index (κ1) is 16.5. The molecule has 0 spiro atoms. The molecule has 0 aliphatic rings. The Balaban J connectivity index is 2.19. The third-order valence-electron chi connectivity index (χ3n) is 3.58. The minimum absolute atomic E-state index is 0.0425. The molecule has 2 aromatic rings. The Bertz CT molecular complexity index is 594. The number of hydrogen-bond donors (Lipinski definition) is 0. The van der Waals surface area contributed by atoms with Crippen molar-refractivity contribution in [1.29, 1.82) is 0 Å². The third-order valence-corrected chi connectivity index (χ3v) is 4.79. The molecule has 0 aliphatic heterocycles. The van der Waals surface area contributed by atoms with Crippen molar-refractivity contribution in [2.45, 2.75) is 37.4 Å². The summed E-state index contributed by atoms with van der Waals surface area (Å²) in [6, 6.07) is 13.2. The maximum absolute atomic E-state index is 13.8. The molecule has 0 radical (unpaired) electrons. The van der Waals surface area contributed by atoms with Gasteiger partial charge in [-0.3, -0.25) is 0 Å². The van der Waals surface area contributed by atoms with E-state index in [0.717, 1.165) is 5.56 Å². The Kier molecular flexibility index (Phi) is 5.11. The summed E-state index contributed by atoms with van der Waals surface area (Å²) in [4.78, 5) is 0.0425.